The average molecular weight is 100 g/mol. The number of nitrogens with two attached hydrogens (primary N) is 2. The Kier molecular flexibility index (Phi) is 2.59. The summed E-state index contributed by atoms with van der Waals surface area (Å²) in [5.74, 6) is 0.162. The lowest BCUT2D eigenvalue weighted by molar-refractivity contribution is 0.346. The third-order valence-electron chi connectivity index (χ3n) is 0.384. The Labute approximate surface area is 42.2 Å². The molecule has 0 heterocycles. The van der Waals surface area contributed by atoms with Crippen molar-refractivity contribution in [1.82, 2.24) is 0 Å². The first-order chi connectivity index (χ1) is 3.31. The van der Waals surface area contributed by atoms with E-state index in [1.54, 1.807) is 0 Å². The normalized spacial score (nSPS) is 10.6. The van der Waals surface area contributed by atoms with Crippen LogP contribution in [0.4, 0.5) is 0 Å². The highest BCUT2D eigenvalue weighted by molar-refractivity contribution is 4.83. The van der Waals surface area contributed by atoms with Crippen LogP contribution < -0.4 is 11.5 Å². The zero-order chi connectivity index (χ0) is 5.70. The van der Waals surface area contributed by atoms with E-state index in [4.69, 9.17) is 11.5 Å². The van der Waals surface area contributed by atoms with Gasteiger partial charge in [0, 0.05) is 0 Å². The molecule has 0 rings (SSSR count). The van der Waals surface area contributed by atoms with Crippen LogP contribution in [-0.2, 0) is 4.74 Å². The Morgan fingerprint density at radius 1 is 1.71 bits per heavy atom. The van der Waals surface area contributed by atoms with Gasteiger partial charge in [-0.25, -0.2) is 0 Å². The molecule has 0 spiro atoms. The zero-order valence-electron chi connectivity index (χ0n) is 3.92. The van der Waals surface area contributed by atoms with Gasteiger partial charge in [0.2, 0.25) is 5.88 Å². The molecule has 0 aliphatic heterocycles. The minimum absolute atomic E-state index is 0.162. The van der Waals surface area contributed by atoms with Crippen LogP contribution in [0.5, 0.6) is 0 Å². The lowest BCUT2D eigenvalue weighted by Crippen LogP contribution is -2.00. The van der Waals surface area contributed by atoms with Crippen LogP contribution in [0, 0.1) is 0 Å². The fourth-order valence-corrected chi connectivity index (χ4v) is 0.136. The molecule has 0 fully saturated rings. The predicted molar refractivity (Wildman–Crippen MR) is 27.7 cm³/mol. The summed E-state index contributed by atoms with van der Waals surface area (Å²) in [6.07, 6.45) is 2.36. The second-order valence-corrected chi connectivity index (χ2v) is 0.854. The van der Waals surface area contributed by atoms with Gasteiger partial charge in [-0.3, -0.25) is 0 Å². The fourth-order valence-electron chi connectivity index (χ4n) is 0.136. The Hall–Kier alpha value is -1.12. The van der Waals surface area contributed by atoms with Crippen molar-refractivity contribution in [3.63, 3.8) is 0 Å². The van der Waals surface area contributed by atoms with Crippen molar-refractivity contribution < 1.29 is 4.74 Å². The summed E-state index contributed by atoms with van der Waals surface area (Å²) in [5, 5.41) is 0. The average Bonchev–Trinajstić information content (AvgIpc) is 1.68. The lowest BCUT2D eigenvalue weighted by atomic mass is 10.8. The van der Waals surface area contributed by atoms with Gasteiger partial charge in [-0.1, -0.05) is 6.58 Å². The first-order valence-electron chi connectivity index (χ1n) is 1.76. The van der Waals surface area contributed by atoms with E-state index in [0.717, 1.165) is 6.20 Å². The van der Waals surface area contributed by atoms with Crippen molar-refractivity contribution in [1.29, 1.82) is 0 Å². The third kappa shape index (κ3) is 2.69. The fraction of sp³-hybridized carbons (Fsp3) is 0. The molecule has 0 aromatic rings. The van der Waals surface area contributed by atoms with E-state index in [1.807, 2.05) is 0 Å². The summed E-state index contributed by atoms with van der Waals surface area (Å²) in [4.78, 5) is 0. The molecule has 0 aromatic carbocycles. The zero-order valence-corrected chi connectivity index (χ0v) is 3.92. The molecule has 0 unspecified atom stereocenters. The molecule has 0 amide bonds. The first kappa shape index (κ1) is 5.88. The Morgan fingerprint density at radius 2 is 2.29 bits per heavy atom. The van der Waals surface area contributed by atoms with Gasteiger partial charge in [-0.05, 0) is 0 Å². The van der Waals surface area contributed by atoms with Gasteiger partial charge in [0.25, 0.3) is 0 Å². The lowest BCUT2D eigenvalue weighted by Gasteiger charge is -1.92. The minimum Gasteiger partial charge on any atom is -0.448 e. The summed E-state index contributed by atoms with van der Waals surface area (Å²) in [6.45, 7) is 3.25. The van der Waals surface area contributed by atoms with Gasteiger partial charge in [0.1, 0.15) is 0 Å². The van der Waals surface area contributed by atoms with E-state index in [2.05, 4.69) is 11.3 Å². The van der Waals surface area contributed by atoms with Gasteiger partial charge in [0.15, 0.2) is 0 Å². The van der Waals surface area contributed by atoms with Crippen LogP contribution in [0.1, 0.15) is 0 Å². The molecule has 0 saturated carbocycles. The molecule has 0 radical (unpaired) electrons. The molecule has 4 N–H and O–H groups in total. The highest BCUT2D eigenvalue weighted by atomic mass is 16.5. The molecular formula is C4H8N2O. The van der Waals surface area contributed by atoms with E-state index in [9.17, 15) is 0 Å². The predicted octanol–water partition coefficient (Wildman–Crippen LogP) is -0.137. The summed E-state index contributed by atoms with van der Waals surface area (Å²) in [5.41, 5.74) is 9.92. The number of hydrogen-bond acceptors (Lipinski definition) is 3. The Balaban J connectivity index is 3.36. The summed E-state index contributed by atoms with van der Waals surface area (Å²) < 4.78 is 4.47. The summed E-state index contributed by atoms with van der Waals surface area (Å²) in [6, 6.07) is 0. The van der Waals surface area contributed by atoms with E-state index in [-0.39, 0.29) is 5.88 Å². The third-order valence-corrected chi connectivity index (χ3v) is 0.384. The van der Waals surface area contributed by atoms with E-state index < -0.39 is 0 Å². The maximum atomic E-state index is 5.03. The smallest absolute Gasteiger partial charge is 0.205 e. The van der Waals surface area contributed by atoms with Gasteiger partial charge in [-0.15, -0.1) is 0 Å². The minimum atomic E-state index is 0.162. The molecule has 0 saturated heterocycles. The number of rotatable bonds is 2. The van der Waals surface area contributed by atoms with Crippen LogP contribution in [0.15, 0.2) is 24.9 Å². The molecule has 3 nitrogen and oxygen atoms in total. The van der Waals surface area contributed by atoms with E-state index >= 15 is 0 Å². The first-order valence-corrected chi connectivity index (χ1v) is 1.76. The van der Waals surface area contributed by atoms with Crippen molar-refractivity contribution in [2.75, 3.05) is 0 Å². The highest BCUT2D eigenvalue weighted by Gasteiger charge is 1.76. The quantitative estimate of drug-likeness (QED) is 0.475. The van der Waals surface area contributed by atoms with Crippen molar-refractivity contribution >= 4 is 0 Å². The number of ether oxygens (including phenoxy) is 1. The molecule has 0 atom stereocenters. The van der Waals surface area contributed by atoms with Crippen LogP contribution in [0.3, 0.4) is 0 Å². The maximum absolute atomic E-state index is 5.03. The molecule has 0 bridgehead atoms. The molecule has 40 valence electrons. The topological polar surface area (TPSA) is 61.3 Å². The van der Waals surface area contributed by atoms with Gasteiger partial charge < -0.3 is 16.2 Å². The second-order valence-electron chi connectivity index (χ2n) is 0.854. The van der Waals surface area contributed by atoms with Crippen LogP contribution in [-0.4, -0.2) is 0 Å². The van der Waals surface area contributed by atoms with Crippen LogP contribution >= 0.6 is 0 Å². The molecule has 3 heteroatoms. The largest absolute Gasteiger partial charge is 0.448 e. The number of hydrogen-bond donors (Lipinski definition) is 2. The molecular weight excluding hydrogens is 92.1 g/mol. The van der Waals surface area contributed by atoms with Crippen LogP contribution in [0.25, 0.3) is 0 Å². The van der Waals surface area contributed by atoms with Crippen molar-refractivity contribution in [2.45, 2.75) is 0 Å². The van der Waals surface area contributed by atoms with E-state index in [1.165, 1.54) is 6.26 Å². The molecule has 0 aliphatic rings. The molecule has 0 aromatic heterocycles. The van der Waals surface area contributed by atoms with Gasteiger partial charge in [-0.2, -0.15) is 0 Å². The Bertz CT molecular complexity index is 87.7. The van der Waals surface area contributed by atoms with Gasteiger partial charge in [0.05, 0.1) is 12.5 Å². The molecule has 0 aliphatic carbocycles. The summed E-state index contributed by atoms with van der Waals surface area (Å²) in [7, 11) is 0. The standard InChI is InChI=1S/C4H8N2O/c1-2-7-4(6)3-5/h2-3H,1,5-6H2/b4-3-. The van der Waals surface area contributed by atoms with Gasteiger partial charge >= 0.3 is 0 Å². The molecule has 7 heavy (non-hydrogen) atoms. The van der Waals surface area contributed by atoms with Crippen LogP contribution in [0.2, 0.25) is 0 Å². The second kappa shape index (κ2) is 3.08. The monoisotopic (exact) mass is 100 g/mol. The SMILES string of the molecule is C=CO/C(N)=C\N. The maximum Gasteiger partial charge on any atom is 0.205 e. The Morgan fingerprint density at radius 3 is 2.43 bits per heavy atom. The van der Waals surface area contributed by atoms with Crippen molar-refractivity contribution in [3.05, 3.63) is 24.9 Å². The summed E-state index contributed by atoms with van der Waals surface area (Å²) >= 11 is 0. The highest BCUT2D eigenvalue weighted by Crippen LogP contribution is 1.80. The van der Waals surface area contributed by atoms with E-state index in [0.29, 0.717) is 0 Å². The van der Waals surface area contributed by atoms with Crippen molar-refractivity contribution in [3.8, 4) is 0 Å². The van der Waals surface area contributed by atoms with Crippen molar-refractivity contribution in [2.24, 2.45) is 11.5 Å².